The van der Waals surface area contributed by atoms with Crippen LogP contribution in [0.25, 0.3) is 0 Å². The first-order chi connectivity index (χ1) is 10.7. The molecular formula is C16H22BrNO4. The lowest BCUT2D eigenvalue weighted by Crippen LogP contribution is -2.37. The second kappa shape index (κ2) is 11.2. The molecule has 6 heteroatoms. The molecule has 0 N–H and O–H groups in total. The van der Waals surface area contributed by atoms with Crippen LogP contribution in [0.1, 0.15) is 38.2 Å². The molecule has 0 aliphatic carbocycles. The van der Waals surface area contributed by atoms with Crippen molar-refractivity contribution >= 4 is 27.9 Å². The maximum atomic E-state index is 12.1. The van der Waals surface area contributed by atoms with E-state index in [1.807, 2.05) is 37.3 Å². The van der Waals surface area contributed by atoms with Crippen LogP contribution in [0.15, 0.2) is 30.3 Å². The van der Waals surface area contributed by atoms with E-state index in [2.05, 4.69) is 15.9 Å². The zero-order chi connectivity index (χ0) is 16.2. The van der Waals surface area contributed by atoms with Crippen LogP contribution < -0.4 is 0 Å². The molecule has 0 bridgehead atoms. The van der Waals surface area contributed by atoms with E-state index in [4.69, 9.17) is 9.57 Å². The number of alkyl halides is 1. The van der Waals surface area contributed by atoms with Crippen LogP contribution in [0.5, 0.6) is 0 Å². The van der Waals surface area contributed by atoms with E-state index in [0.717, 1.165) is 23.5 Å². The summed E-state index contributed by atoms with van der Waals surface area (Å²) in [5.74, 6) is -0.381. The number of hydrogen-bond donors (Lipinski definition) is 0. The number of halogens is 1. The summed E-state index contributed by atoms with van der Waals surface area (Å²) in [6, 6.07) is 9.30. The van der Waals surface area contributed by atoms with E-state index in [1.165, 1.54) is 0 Å². The number of hydrogen-bond acceptors (Lipinski definition) is 4. The van der Waals surface area contributed by atoms with Gasteiger partial charge in [-0.05, 0) is 18.4 Å². The lowest BCUT2D eigenvalue weighted by molar-refractivity contribution is -0.175. The third-order valence-electron chi connectivity index (χ3n) is 2.84. The number of carbonyl (C=O) groups excluding carboxylic acids is 2. The average molecular weight is 372 g/mol. The molecule has 0 aliphatic heterocycles. The van der Waals surface area contributed by atoms with Crippen molar-refractivity contribution in [2.24, 2.45) is 0 Å². The van der Waals surface area contributed by atoms with Crippen molar-refractivity contribution in [2.75, 3.05) is 11.9 Å². The number of carbonyl (C=O) groups is 2. The van der Waals surface area contributed by atoms with Gasteiger partial charge in [0.15, 0.2) is 0 Å². The Bertz CT molecular complexity index is 453. The van der Waals surface area contributed by atoms with Crippen molar-refractivity contribution in [1.82, 2.24) is 5.06 Å². The molecule has 0 atom stereocenters. The first kappa shape index (κ1) is 18.6. The molecule has 0 aromatic heterocycles. The molecule has 1 rings (SSSR count). The number of unbranched alkanes of at least 4 members (excludes halogenated alkanes) is 1. The third kappa shape index (κ3) is 7.04. The summed E-state index contributed by atoms with van der Waals surface area (Å²) in [4.78, 5) is 29.4. The first-order valence-corrected chi connectivity index (χ1v) is 8.53. The number of ether oxygens (including phenoxy) is 1. The van der Waals surface area contributed by atoms with Crippen molar-refractivity contribution in [3.8, 4) is 0 Å². The highest BCUT2D eigenvalue weighted by atomic mass is 79.9. The summed E-state index contributed by atoms with van der Waals surface area (Å²) in [6.07, 6.45) is 1.80. The van der Waals surface area contributed by atoms with Gasteiger partial charge in [-0.2, -0.15) is 0 Å². The second-order valence-electron chi connectivity index (χ2n) is 4.71. The van der Waals surface area contributed by atoms with Crippen LogP contribution in [0.3, 0.4) is 0 Å². The lowest BCUT2D eigenvalue weighted by atomic mass is 10.2. The Morgan fingerprint density at radius 1 is 1.18 bits per heavy atom. The quantitative estimate of drug-likeness (QED) is 0.373. The van der Waals surface area contributed by atoms with Gasteiger partial charge in [0, 0.05) is 11.8 Å². The number of benzene rings is 1. The number of imide groups is 1. The molecule has 0 aliphatic rings. The van der Waals surface area contributed by atoms with E-state index in [1.54, 1.807) is 0 Å². The predicted octanol–water partition coefficient (Wildman–Crippen LogP) is 4.06. The van der Waals surface area contributed by atoms with E-state index in [-0.39, 0.29) is 18.9 Å². The number of rotatable bonds is 9. The molecule has 0 saturated carbocycles. The first-order valence-electron chi connectivity index (χ1n) is 7.41. The van der Waals surface area contributed by atoms with Crippen LogP contribution in [0.4, 0.5) is 4.79 Å². The molecule has 0 unspecified atom stereocenters. The molecular weight excluding hydrogens is 350 g/mol. The van der Waals surface area contributed by atoms with E-state index < -0.39 is 6.09 Å². The van der Waals surface area contributed by atoms with Crippen LogP contribution in [0, 0.1) is 0 Å². The number of nitrogens with zero attached hydrogens (tertiary/aromatic N) is 1. The van der Waals surface area contributed by atoms with Crippen molar-refractivity contribution in [1.29, 1.82) is 0 Å². The van der Waals surface area contributed by atoms with Crippen molar-refractivity contribution in [2.45, 2.75) is 39.2 Å². The summed E-state index contributed by atoms with van der Waals surface area (Å²) >= 11 is 3.26. The Morgan fingerprint density at radius 3 is 2.55 bits per heavy atom. The fourth-order valence-corrected chi connectivity index (χ4v) is 1.90. The third-order valence-corrected chi connectivity index (χ3v) is 3.40. The van der Waals surface area contributed by atoms with Gasteiger partial charge in [-0.25, -0.2) is 4.79 Å². The van der Waals surface area contributed by atoms with E-state index in [0.29, 0.717) is 18.4 Å². The summed E-state index contributed by atoms with van der Waals surface area (Å²) in [6.45, 7) is 2.43. The molecule has 0 fully saturated rings. The Morgan fingerprint density at radius 2 is 1.91 bits per heavy atom. The van der Waals surface area contributed by atoms with Gasteiger partial charge in [0.25, 0.3) is 5.91 Å². The van der Waals surface area contributed by atoms with Gasteiger partial charge in [-0.15, -0.1) is 5.06 Å². The minimum absolute atomic E-state index is 0.110. The molecule has 22 heavy (non-hydrogen) atoms. The molecule has 0 radical (unpaired) electrons. The maximum absolute atomic E-state index is 12.1. The maximum Gasteiger partial charge on any atom is 0.441 e. The zero-order valence-corrected chi connectivity index (χ0v) is 14.4. The summed E-state index contributed by atoms with van der Waals surface area (Å²) in [5, 5.41) is 1.45. The predicted molar refractivity (Wildman–Crippen MR) is 87.4 cm³/mol. The van der Waals surface area contributed by atoms with Crippen LogP contribution >= 0.6 is 15.9 Å². The normalized spacial score (nSPS) is 10.3. The summed E-state index contributed by atoms with van der Waals surface area (Å²) < 4.78 is 5.15. The highest BCUT2D eigenvalue weighted by Gasteiger charge is 2.23. The van der Waals surface area contributed by atoms with Crippen LogP contribution in [0.2, 0.25) is 0 Å². The zero-order valence-electron chi connectivity index (χ0n) is 12.8. The van der Waals surface area contributed by atoms with E-state index in [9.17, 15) is 9.59 Å². The fourth-order valence-electron chi connectivity index (χ4n) is 1.62. The highest BCUT2D eigenvalue weighted by molar-refractivity contribution is 9.09. The topological polar surface area (TPSA) is 55.8 Å². The van der Waals surface area contributed by atoms with Gasteiger partial charge in [0.1, 0.15) is 6.61 Å². The molecule has 2 amide bonds. The average Bonchev–Trinajstić information content (AvgIpc) is 2.55. The smallest absolute Gasteiger partial charge is 0.441 e. The minimum Gasteiger partial charge on any atom is -0.443 e. The van der Waals surface area contributed by atoms with Gasteiger partial charge in [0.2, 0.25) is 0 Å². The standard InChI is InChI=1S/C16H22BrNO4/c1-2-3-12-22-18(15(19)10-7-11-17)16(20)21-13-14-8-5-4-6-9-14/h4-6,8-9H,2-3,7,10-13H2,1H3. The Hall–Kier alpha value is -1.40. The van der Waals surface area contributed by atoms with Gasteiger partial charge >= 0.3 is 6.09 Å². The Kier molecular flexibility index (Phi) is 9.50. The Labute approximate surface area is 139 Å². The fraction of sp³-hybridized carbons (Fsp3) is 0.500. The van der Waals surface area contributed by atoms with E-state index >= 15 is 0 Å². The van der Waals surface area contributed by atoms with Gasteiger partial charge in [0.05, 0.1) is 6.61 Å². The molecule has 0 heterocycles. The lowest BCUT2D eigenvalue weighted by Gasteiger charge is -2.19. The van der Waals surface area contributed by atoms with Gasteiger partial charge in [-0.1, -0.05) is 59.6 Å². The van der Waals surface area contributed by atoms with Gasteiger partial charge < -0.3 is 4.74 Å². The van der Waals surface area contributed by atoms with Crippen molar-refractivity contribution < 1.29 is 19.2 Å². The monoisotopic (exact) mass is 371 g/mol. The van der Waals surface area contributed by atoms with Crippen LogP contribution in [-0.2, 0) is 21.0 Å². The molecule has 0 saturated heterocycles. The number of amides is 2. The molecule has 1 aromatic carbocycles. The van der Waals surface area contributed by atoms with Crippen LogP contribution in [-0.4, -0.2) is 29.0 Å². The van der Waals surface area contributed by atoms with Gasteiger partial charge in [-0.3, -0.25) is 9.63 Å². The molecule has 5 nitrogen and oxygen atoms in total. The second-order valence-corrected chi connectivity index (χ2v) is 5.50. The molecule has 0 spiro atoms. The SMILES string of the molecule is CCCCON(C(=O)CCCBr)C(=O)OCc1ccccc1. The minimum atomic E-state index is -0.764. The summed E-state index contributed by atoms with van der Waals surface area (Å²) in [7, 11) is 0. The number of hydroxylamine groups is 2. The van der Waals surface area contributed by atoms with Crippen molar-refractivity contribution in [3.05, 3.63) is 35.9 Å². The largest absolute Gasteiger partial charge is 0.443 e. The summed E-state index contributed by atoms with van der Waals surface area (Å²) in [5.41, 5.74) is 0.859. The molecule has 122 valence electrons. The Balaban J connectivity index is 2.55. The molecule has 1 aromatic rings. The highest BCUT2D eigenvalue weighted by Crippen LogP contribution is 2.08. The van der Waals surface area contributed by atoms with Crippen molar-refractivity contribution in [3.63, 3.8) is 0 Å².